The molecule has 0 atom stereocenters. The fourth-order valence-electron chi connectivity index (χ4n) is 2.87. The molecule has 37 heavy (non-hydrogen) atoms. The van der Waals surface area contributed by atoms with E-state index in [1.54, 1.807) is 29.2 Å². The van der Waals surface area contributed by atoms with Gasteiger partial charge in [-0.05, 0) is 51.3 Å². The number of carbonyl (C=O) groups excluding carboxylic acids is 4. The van der Waals surface area contributed by atoms with Crippen LogP contribution in [-0.4, -0.2) is 92.4 Å². The van der Waals surface area contributed by atoms with Crippen molar-refractivity contribution in [1.82, 2.24) is 9.80 Å². The lowest BCUT2D eigenvalue weighted by molar-refractivity contribution is -0.126. The molecular weight excluding hydrogens is 482 g/mol. The molecule has 0 radical (unpaired) electrons. The van der Waals surface area contributed by atoms with Crippen molar-refractivity contribution in [2.75, 3.05) is 46.9 Å². The molecule has 0 aliphatic carbocycles. The number of hydrogen-bond donors (Lipinski definition) is 2. The zero-order valence-electron chi connectivity index (χ0n) is 23.3. The van der Waals surface area contributed by atoms with E-state index in [0.717, 1.165) is 39.5 Å². The molecule has 0 unspecified atom stereocenters. The summed E-state index contributed by atoms with van der Waals surface area (Å²) in [6, 6.07) is 8.67. The number of nitrogens with two attached hydrogens (primary N) is 1. The summed E-state index contributed by atoms with van der Waals surface area (Å²) in [7, 11) is 2.31. The zero-order chi connectivity index (χ0) is 28.9. The van der Waals surface area contributed by atoms with Crippen LogP contribution in [0.1, 0.15) is 47.5 Å². The minimum atomic E-state index is -0.786. The largest absolute Gasteiger partial charge is 0.471 e. The molecule has 0 saturated carbocycles. The van der Waals surface area contributed by atoms with E-state index in [2.05, 4.69) is 28.2 Å². The molecule has 1 aromatic carbocycles. The average molecular weight is 528 g/mol. The number of piperazine rings is 1. The minimum Gasteiger partial charge on any atom is -0.471 e. The Balaban J connectivity index is 0. The van der Waals surface area contributed by atoms with Crippen molar-refractivity contribution in [3.05, 3.63) is 30.3 Å². The van der Waals surface area contributed by atoms with E-state index < -0.39 is 11.7 Å². The summed E-state index contributed by atoms with van der Waals surface area (Å²) in [6.45, 7) is 14.4. The quantitative estimate of drug-likeness (QED) is 0.510. The van der Waals surface area contributed by atoms with Gasteiger partial charge in [-0.25, -0.2) is 9.59 Å². The summed E-state index contributed by atoms with van der Waals surface area (Å²) in [5, 5.41) is 7.00. The predicted molar refractivity (Wildman–Crippen MR) is 141 cm³/mol. The van der Waals surface area contributed by atoms with Gasteiger partial charge in [-0.15, -0.1) is 0 Å². The number of hydrogen-bond acceptors (Lipinski definition) is 9. The second kappa shape index (κ2) is 19.9. The van der Waals surface area contributed by atoms with Crippen LogP contribution in [0.3, 0.4) is 0 Å². The Morgan fingerprint density at radius 1 is 1.00 bits per heavy atom. The topological polar surface area (TPSA) is 149 Å². The van der Waals surface area contributed by atoms with Gasteiger partial charge in [0.05, 0.1) is 7.11 Å². The normalized spacial score (nSPS) is 13.1. The zero-order valence-corrected chi connectivity index (χ0v) is 23.3. The number of carbonyl (C=O) groups is 4. The number of aldehydes is 1. The van der Waals surface area contributed by atoms with Crippen LogP contribution >= 0.6 is 0 Å². The first kappa shape index (κ1) is 36.0. The van der Waals surface area contributed by atoms with Crippen LogP contribution < -0.4 is 10.5 Å². The number of ether oxygens (including phenoxy) is 3. The lowest BCUT2D eigenvalue weighted by Crippen LogP contribution is -2.50. The fraction of sp³-hybridized carbons (Fsp3) is 0.615. The lowest BCUT2D eigenvalue weighted by atomic mass is 9.86. The number of benzene rings is 1. The van der Waals surface area contributed by atoms with Gasteiger partial charge in [-0.1, -0.05) is 32.0 Å². The van der Waals surface area contributed by atoms with Gasteiger partial charge in [0.15, 0.2) is 0 Å². The number of aliphatic hydroxyl groups is 1. The van der Waals surface area contributed by atoms with E-state index >= 15 is 0 Å². The van der Waals surface area contributed by atoms with Crippen LogP contribution in [0.5, 0.6) is 5.75 Å². The van der Waals surface area contributed by atoms with Crippen molar-refractivity contribution in [2.24, 2.45) is 11.1 Å². The highest BCUT2D eigenvalue weighted by Crippen LogP contribution is 2.24. The van der Waals surface area contributed by atoms with Crippen LogP contribution in [0.4, 0.5) is 9.59 Å². The molecule has 212 valence electrons. The first-order chi connectivity index (χ1) is 17.3. The number of nitrogens with zero attached hydrogens (tertiary/aromatic N) is 2. The standard InChI is InChI=1S/C16H30N2O3.C7H7NO2.C2H4O2.CH4O/c1-15(2,3)21-14(20)18-11-9-17(10-12-18)8-6-16(4,5)7-13-19;8-7(9)10-6-4-2-1-3-5-6;1-4-2-3;1-2/h13H,6-12H2,1-5H3;1-5H,(H2,8,9);2H,1H3;2H,1H3. The van der Waals surface area contributed by atoms with E-state index in [-0.39, 0.29) is 11.5 Å². The van der Waals surface area contributed by atoms with Crippen LogP contribution in [-0.2, 0) is 19.1 Å². The van der Waals surface area contributed by atoms with Gasteiger partial charge >= 0.3 is 12.2 Å². The highest BCUT2D eigenvalue weighted by molar-refractivity contribution is 5.68. The molecule has 3 N–H and O–H groups in total. The van der Waals surface area contributed by atoms with Gasteiger partial charge in [0.1, 0.15) is 17.6 Å². The molecule has 2 rings (SSSR count). The predicted octanol–water partition coefficient (Wildman–Crippen LogP) is 3.09. The molecule has 0 aromatic heterocycles. The molecule has 2 amide bonds. The summed E-state index contributed by atoms with van der Waals surface area (Å²) in [5.74, 6) is 0.468. The molecule has 0 spiro atoms. The third kappa shape index (κ3) is 20.7. The number of methoxy groups -OCH3 is 1. The first-order valence-corrected chi connectivity index (χ1v) is 11.9. The second-order valence-electron chi connectivity index (χ2n) is 9.66. The Labute approximate surface area is 220 Å². The number of amides is 2. The molecule has 11 heteroatoms. The SMILES string of the molecule is CC(C)(CC=O)CCN1CCN(C(=O)OC(C)(C)C)CC1.CO.COC=O.NC(=O)Oc1ccccc1. The number of rotatable bonds is 7. The third-order valence-electron chi connectivity index (χ3n) is 4.82. The van der Waals surface area contributed by atoms with Gasteiger partial charge < -0.3 is 34.7 Å². The molecular formula is C26H45N3O8. The summed E-state index contributed by atoms with van der Waals surface area (Å²) in [6.07, 6.45) is 1.60. The Morgan fingerprint density at radius 3 is 1.92 bits per heavy atom. The number of aliphatic hydroxyl groups excluding tert-OH is 1. The lowest BCUT2D eigenvalue weighted by Gasteiger charge is -2.36. The molecule has 1 aliphatic rings. The highest BCUT2D eigenvalue weighted by Gasteiger charge is 2.26. The van der Waals surface area contributed by atoms with Crippen LogP contribution in [0.15, 0.2) is 30.3 Å². The number of primary amides is 1. The van der Waals surface area contributed by atoms with Crippen molar-refractivity contribution >= 4 is 24.9 Å². The maximum atomic E-state index is 12.0. The molecule has 0 bridgehead atoms. The van der Waals surface area contributed by atoms with Crippen molar-refractivity contribution in [3.8, 4) is 5.75 Å². The summed E-state index contributed by atoms with van der Waals surface area (Å²) in [5.41, 5.74) is 4.39. The monoisotopic (exact) mass is 527 g/mol. The maximum absolute atomic E-state index is 12.0. The Hall–Kier alpha value is -3.18. The third-order valence-corrected chi connectivity index (χ3v) is 4.82. The van der Waals surface area contributed by atoms with E-state index in [4.69, 9.17) is 20.4 Å². The van der Waals surface area contributed by atoms with Crippen LogP contribution in [0.25, 0.3) is 0 Å². The van der Waals surface area contributed by atoms with Crippen molar-refractivity contribution in [3.63, 3.8) is 0 Å². The first-order valence-electron chi connectivity index (χ1n) is 11.9. The Morgan fingerprint density at radius 2 is 1.51 bits per heavy atom. The Bertz CT molecular complexity index is 759. The molecule has 1 saturated heterocycles. The van der Waals surface area contributed by atoms with Crippen LogP contribution in [0, 0.1) is 5.41 Å². The van der Waals surface area contributed by atoms with Gasteiger partial charge in [-0.2, -0.15) is 0 Å². The van der Waals surface area contributed by atoms with Gasteiger partial charge in [0.2, 0.25) is 0 Å². The van der Waals surface area contributed by atoms with Crippen molar-refractivity contribution < 1.29 is 38.5 Å². The summed E-state index contributed by atoms with van der Waals surface area (Å²) in [4.78, 5) is 45.9. The van der Waals surface area contributed by atoms with E-state index in [1.165, 1.54) is 7.11 Å². The van der Waals surface area contributed by atoms with Crippen LogP contribution in [0.2, 0.25) is 0 Å². The highest BCUT2D eigenvalue weighted by atomic mass is 16.6. The maximum Gasteiger partial charge on any atom is 0.410 e. The van der Waals surface area contributed by atoms with Gasteiger partial charge in [0.25, 0.3) is 6.47 Å². The van der Waals surface area contributed by atoms with Crippen molar-refractivity contribution in [2.45, 2.75) is 53.1 Å². The second-order valence-corrected chi connectivity index (χ2v) is 9.66. The van der Waals surface area contributed by atoms with Crippen molar-refractivity contribution in [1.29, 1.82) is 0 Å². The molecule has 1 aromatic rings. The average Bonchev–Trinajstić information content (AvgIpc) is 2.84. The fourth-order valence-corrected chi connectivity index (χ4v) is 2.87. The summed E-state index contributed by atoms with van der Waals surface area (Å²) >= 11 is 0. The molecule has 11 nitrogen and oxygen atoms in total. The smallest absolute Gasteiger partial charge is 0.410 e. The Kier molecular flexibility index (Phi) is 19.4. The molecule has 1 fully saturated rings. The van der Waals surface area contributed by atoms with E-state index in [1.807, 2.05) is 26.8 Å². The van der Waals surface area contributed by atoms with Gasteiger partial charge in [0, 0.05) is 39.7 Å². The number of para-hydroxylation sites is 1. The van der Waals surface area contributed by atoms with E-state index in [9.17, 15) is 14.4 Å². The summed E-state index contributed by atoms with van der Waals surface area (Å²) < 4.78 is 13.8. The minimum absolute atomic E-state index is 0.0596. The molecule has 1 heterocycles. The molecule has 1 aliphatic heterocycles. The van der Waals surface area contributed by atoms with Gasteiger partial charge in [-0.3, -0.25) is 9.69 Å². The van der Waals surface area contributed by atoms with E-state index in [0.29, 0.717) is 31.7 Å².